The van der Waals surface area contributed by atoms with Gasteiger partial charge in [0.05, 0.1) is 0 Å². The van der Waals surface area contributed by atoms with E-state index in [2.05, 4.69) is 6.92 Å². The molecule has 2 aromatic rings. The number of hydrogen-bond donors (Lipinski definition) is 1. The van der Waals surface area contributed by atoms with Crippen LogP contribution in [0.5, 0.6) is 5.75 Å². The molecule has 0 aromatic heterocycles. The van der Waals surface area contributed by atoms with Crippen molar-refractivity contribution in [3.8, 4) is 5.75 Å². The zero-order chi connectivity index (χ0) is 14.5. The van der Waals surface area contributed by atoms with Crippen LogP contribution in [0, 0.1) is 5.82 Å². The molecule has 0 aliphatic rings. The molecule has 0 heterocycles. The second-order valence-corrected chi connectivity index (χ2v) is 4.89. The van der Waals surface area contributed by atoms with E-state index >= 15 is 0 Å². The molecular formula is C16H16FNOS. The van der Waals surface area contributed by atoms with Crippen LogP contribution in [-0.2, 0) is 13.0 Å². The Kier molecular flexibility index (Phi) is 4.69. The lowest BCUT2D eigenvalue weighted by molar-refractivity contribution is 0.305. The van der Waals surface area contributed by atoms with Crippen LogP contribution in [0.4, 0.5) is 4.39 Å². The van der Waals surface area contributed by atoms with Gasteiger partial charge in [0, 0.05) is 11.1 Å². The van der Waals surface area contributed by atoms with Gasteiger partial charge in [0.1, 0.15) is 23.2 Å². The van der Waals surface area contributed by atoms with Crippen molar-refractivity contribution in [3.05, 3.63) is 65.0 Å². The van der Waals surface area contributed by atoms with Crippen LogP contribution < -0.4 is 10.5 Å². The van der Waals surface area contributed by atoms with Crippen molar-refractivity contribution < 1.29 is 9.13 Å². The van der Waals surface area contributed by atoms with Crippen molar-refractivity contribution in [1.29, 1.82) is 0 Å². The maximum atomic E-state index is 13.3. The van der Waals surface area contributed by atoms with Gasteiger partial charge in [-0.3, -0.25) is 0 Å². The second kappa shape index (κ2) is 6.48. The number of hydrogen-bond acceptors (Lipinski definition) is 2. The van der Waals surface area contributed by atoms with Crippen LogP contribution in [0.2, 0.25) is 0 Å². The molecule has 0 saturated heterocycles. The Morgan fingerprint density at radius 1 is 1.20 bits per heavy atom. The Labute approximate surface area is 123 Å². The van der Waals surface area contributed by atoms with Gasteiger partial charge < -0.3 is 10.5 Å². The molecular weight excluding hydrogens is 273 g/mol. The summed E-state index contributed by atoms with van der Waals surface area (Å²) in [4.78, 5) is 0.241. The average molecular weight is 289 g/mol. The lowest BCUT2D eigenvalue weighted by atomic mass is 10.1. The molecule has 0 saturated carbocycles. The first-order chi connectivity index (χ1) is 9.60. The van der Waals surface area contributed by atoms with Gasteiger partial charge in [-0.05, 0) is 42.3 Å². The first kappa shape index (κ1) is 14.5. The van der Waals surface area contributed by atoms with Crippen molar-refractivity contribution in [2.75, 3.05) is 0 Å². The minimum atomic E-state index is -0.329. The van der Waals surface area contributed by atoms with Gasteiger partial charge in [-0.1, -0.05) is 31.3 Å². The molecule has 0 radical (unpaired) electrons. The molecule has 0 aliphatic heterocycles. The van der Waals surface area contributed by atoms with Crippen LogP contribution in [0.3, 0.4) is 0 Å². The fourth-order valence-corrected chi connectivity index (χ4v) is 2.10. The molecule has 104 valence electrons. The number of halogens is 1. The van der Waals surface area contributed by atoms with E-state index in [1.165, 1.54) is 17.7 Å². The average Bonchev–Trinajstić information content (AvgIpc) is 2.45. The third-order valence-electron chi connectivity index (χ3n) is 3.06. The largest absolute Gasteiger partial charge is 0.489 e. The van der Waals surface area contributed by atoms with E-state index in [0.717, 1.165) is 12.2 Å². The number of thiocarbonyl (C=S) groups is 1. The fraction of sp³-hybridized carbons (Fsp3) is 0.188. The highest BCUT2D eigenvalue weighted by atomic mass is 32.1. The molecule has 0 aliphatic carbocycles. The minimum Gasteiger partial charge on any atom is -0.489 e. The highest BCUT2D eigenvalue weighted by Crippen LogP contribution is 2.17. The maximum absolute atomic E-state index is 13.3. The molecule has 0 amide bonds. The molecule has 0 unspecified atom stereocenters. The Hall–Kier alpha value is -1.94. The predicted octanol–water partition coefficient (Wildman–Crippen LogP) is 3.60. The van der Waals surface area contributed by atoms with Crippen LogP contribution in [-0.4, -0.2) is 4.99 Å². The second-order valence-electron chi connectivity index (χ2n) is 4.45. The van der Waals surface area contributed by atoms with Crippen LogP contribution in [0.1, 0.15) is 23.6 Å². The number of ether oxygens (including phenoxy) is 1. The molecule has 2 aromatic carbocycles. The predicted molar refractivity (Wildman–Crippen MR) is 82.4 cm³/mol. The zero-order valence-corrected chi connectivity index (χ0v) is 12.0. The van der Waals surface area contributed by atoms with Gasteiger partial charge in [-0.15, -0.1) is 0 Å². The Balaban J connectivity index is 2.13. The monoisotopic (exact) mass is 289 g/mol. The Morgan fingerprint density at radius 2 is 1.90 bits per heavy atom. The first-order valence-electron chi connectivity index (χ1n) is 6.40. The molecule has 0 spiro atoms. The fourth-order valence-electron chi connectivity index (χ4n) is 1.90. The summed E-state index contributed by atoms with van der Waals surface area (Å²) in [6, 6.07) is 12.1. The standard InChI is InChI=1S/C16H16FNOS/c1-2-11-3-6-14(7-4-11)19-10-12-9-13(17)5-8-15(12)16(18)20/h3-9H,2,10H2,1H3,(H2,18,20). The van der Waals surface area contributed by atoms with Crippen molar-refractivity contribution in [2.24, 2.45) is 5.73 Å². The van der Waals surface area contributed by atoms with Gasteiger partial charge >= 0.3 is 0 Å². The lowest BCUT2D eigenvalue weighted by Crippen LogP contribution is -2.13. The molecule has 20 heavy (non-hydrogen) atoms. The molecule has 0 bridgehead atoms. The van der Waals surface area contributed by atoms with Gasteiger partial charge in [0.15, 0.2) is 0 Å². The molecule has 4 heteroatoms. The van der Waals surface area contributed by atoms with Gasteiger partial charge in [-0.25, -0.2) is 4.39 Å². The third-order valence-corrected chi connectivity index (χ3v) is 3.28. The highest BCUT2D eigenvalue weighted by molar-refractivity contribution is 7.80. The van der Waals surface area contributed by atoms with Crippen molar-refractivity contribution in [1.82, 2.24) is 0 Å². The van der Waals surface area contributed by atoms with E-state index in [1.807, 2.05) is 24.3 Å². The molecule has 2 nitrogen and oxygen atoms in total. The quantitative estimate of drug-likeness (QED) is 0.854. The number of rotatable bonds is 5. The van der Waals surface area contributed by atoms with E-state index in [4.69, 9.17) is 22.7 Å². The van der Waals surface area contributed by atoms with Crippen molar-refractivity contribution in [3.63, 3.8) is 0 Å². The summed E-state index contributed by atoms with van der Waals surface area (Å²) in [6.45, 7) is 2.33. The highest BCUT2D eigenvalue weighted by Gasteiger charge is 2.07. The number of aryl methyl sites for hydroxylation is 1. The van der Waals surface area contributed by atoms with E-state index in [9.17, 15) is 4.39 Å². The summed E-state index contributed by atoms with van der Waals surface area (Å²) in [6.07, 6.45) is 0.982. The SMILES string of the molecule is CCc1ccc(OCc2cc(F)ccc2C(N)=S)cc1. The summed E-state index contributed by atoms with van der Waals surface area (Å²) >= 11 is 4.96. The van der Waals surface area contributed by atoms with Crippen LogP contribution >= 0.6 is 12.2 Å². The van der Waals surface area contributed by atoms with Crippen molar-refractivity contribution in [2.45, 2.75) is 20.0 Å². The van der Waals surface area contributed by atoms with Crippen LogP contribution in [0.15, 0.2) is 42.5 Å². The molecule has 0 atom stereocenters. The van der Waals surface area contributed by atoms with E-state index in [1.54, 1.807) is 6.07 Å². The van der Waals surface area contributed by atoms with E-state index in [0.29, 0.717) is 11.1 Å². The van der Waals surface area contributed by atoms with Gasteiger partial charge in [-0.2, -0.15) is 0 Å². The topological polar surface area (TPSA) is 35.2 Å². The number of benzene rings is 2. The summed E-state index contributed by atoms with van der Waals surface area (Å²) in [7, 11) is 0. The van der Waals surface area contributed by atoms with Gasteiger partial charge in [0.2, 0.25) is 0 Å². The minimum absolute atomic E-state index is 0.232. The smallest absolute Gasteiger partial charge is 0.123 e. The molecule has 0 fully saturated rings. The van der Waals surface area contributed by atoms with E-state index < -0.39 is 0 Å². The van der Waals surface area contributed by atoms with Gasteiger partial charge in [0.25, 0.3) is 0 Å². The summed E-state index contributed by atoms with van der Waals surface area (Å²) in [5, 5.41) is 0. The Bertz CT molecular complexity index is 610. The van der Waals surface area contributed by atoms with Crippen LogP contribution in [0.25, 0.3) is 0 Å². The van der Waals surface area contributed by atoms with E-state index in [-0.39, 0.29) is 17.4 Å². The Morgan fingerprint density at radius 3 is 2.50 bits per heavy atom. The summed E-state index contributed by atoms with van der Waals surface area (Å²) in [5.74, 6) is 0.408. The molecule has 2 rings (SSSR count). The zero-order valence-electron chi connectivity index (χ0n) is 11.2. The number of nitrogens with two attached hydrogens (primary N) is 1. The maximum Gasteiger partial charge on any atom is 0.123 e. The lowest BCUT2D eigenvalue weighted by Gasteiger charge is -2.11. The molecule has 2 N–H and O–H groups in total. The first-order valence-corrected chi connectivity index (χ1v) is 6.81. The summed E-state index contributed by atoms with van der Waals surface area (Å²) < 4.78 is 19.0. The van der Waals surface area contributed by atoms with Crippen molar-refractivity contribution >= 4 is 17.2 Å². The normalized spacial score (nSPS) is 10.3. The third kappa shape index (κ3) is 3.54. The summed E-state index contributed by atoms with van der Waals surface area (Å²) in [5.41, 5.74) is 8.16.